The van der Waals surface area contributed by atoms with Crippen molar-refractivity contribution in [2.24, 2.45) is 0 Å². The number of hydrogen-bond acceptors (Lipinski definition) is 4. The van der Waals surface area contributed by atoms with Gasteiger partial charge in [-0.15, -0.1) is 0 Å². The Morgan fingerprint density at radius 2 is 2.21 bits per heavy atom. The third-order valence-corrected chi connectivity index (χ3v) is 2.58. The van der Waals surface area contributed by atoms with Gasteiger partial charge in [-0.2, -0.15) is 0 Å². The van der Waals surface area contributed by atoms with E-state index in [0.29, 0.717) is 11.9 Å². The zero-order valence-corrected chi connectivity index (χ0v) is 9.70. The summed E-state index contributed by atoms with van der Waals surface area (Å²) < 4.78 is 14.9. The molecule has 0 bridgehead atoms. The molecule has 0 aliphatic carbocycles. The summed E-state index contributed by atoms with van der Waals surface area (Å²) in [4.78, 5) is 24.9. The highest BCUT2D eigenvalue weighted by molar-refractivity contribution is 5.89. The lowest BCUT2D eigenvalue weighted by atomic mass is 10.1. The van der Waals surface area contributed by atoms with Crippen molar-refractivity contribution in [1.82, 2.24) is 9.55 Å². The third-order valence-electron chi connectivity index (χ3n) is 2.58. The van der Waals surface area contributed by atoms with Gasteiger partial charge in [-0.05, 0) is 6.92 Å². The maximum Gasteiger partial charge on any atom is 0.338 e. The third kappa shape index (κ3) is 2.15. The molecule has 19 heavy (non-hydrogen) atoms. The summed E-state index contributed by atoms with van der Waals surface area (Å²) >= 11 is 0. The molecule has 1 heterocycles. The molecule has 0 amide bonds. The topological polar surface area (TPSA) is 98.3 Å². The molecule has 2 rings (SSSR count). The van der Waals surface area contributed by atoms with Gasteiger partial charge < -0.3 is 5.11 Å². The second kappa shape index (κ2) is 4.48. The fraction of sp³-hybridized carbons (Fsp3) is 0.0909. The highest BCUT2D eigenvalue weighted by Gasteiger charge is 2.23. The minimum Gasteiger partial charge on any atom is -0.478 e. The Balaban J connectivity index is 2.74. The van der Waals surface area contributed by atoms with Gasteiger partial charge in [-0.1, -0.05) is 0 Å². The number of rotatable bonds is 3. The summed E-state index contributed by atoms with van der Waals surface area (Å²) in [6.45, 7) is 1.59. The van der Waals surface area contributed by atoms with Crippen molar-refractivity contribution in [3.8, 4) is 5.69 Å². The van der Waals surface area contributed by atoms with Gasteiger partial charge in [0.2, 0.25) is 0 Å². The highest BCUT2D eigenvalue weighted by Crippen LogP contribution is 2.27. The monoisotopic (exact) mass is 265 g/mol. The smallest absolute Gasteiger partial charge is 0.338 e. The molecule has 0 atom stereocenters. The van der Waals surface area contributed by atoms with Gasteiger partial charge >= 0.3 is 5.97 Å². The number of halogens is 1. The van der Waals surface area contributed by atoms with Crippen LogP contribution in [0.15, 0.2) is 24.5 Å². The van der Waals surface area contributed by atoms with Crippen LogP contribution < -0.4 is 0 Å². The maximum absolute atomic E-state index is 13.6. The van der Waals surface area contributed by atoms with Crippen LogP contribution in [0.1, 0.15) is 16.2 Å². The van der Waals surface area contributed by atoms with E-state index in [2.05, 4.69) is 4.98 Å². The highest BCUT2D eigenvalue weighted by atomic mass is 19.1. The molecule has 1 aromatic heterocycles. The molecule has 2 aromatic rings. The lowest BCUT2D eigenvalue weighted by Crippen LogP contribution is -2.07. The Labute approximate surface area is 106 Å². The second-order valence-electron chi connectivity index (χ2n) is 3.73. The molecule has 98 valence electrons. The number of aromatic nitrogens is 2. The van der Waals surface area contributed by atoms with Crippen molar-refractivity contribution in [2.75, 3.05) is 0 Å². The molecule has 0 aliphatic rings. The second-order valence-corrected chi connectivity index (χ2v) is 3.73. The van der Waals surface area contributed by atoms with Crippen LogP contribution in [0, 0.1) is 22.9 Å². The van der Waals surface area contributed by atoms with Crippen molar-refractivity contribution in [3.63, 3.8) is 0 Å². The number of nitro groups is 1. The SMILES string of the molecule is Cc1nccn1-c1cc(F)c(C(=O)O)cc1[N+](=O)[O-]. The van der Waals surface area contributed by atoms with Crippen LogP contribution in [0.2, 0.25) is 0 Å². The minimum absolute atomic E-state index is 0.0671. The van der Waals surface area contributed by atoms with E-state index in [1.165, 1.54) is 17.0 Å². The summed E-state index contributed by atoms with van der Waals surface area (Å²) in [5, 5.41) is 19.7. The van der Waals surface area contributed by atoms with Crippen molar-refractivity contribution in [3.05, 3.63) is 51.8 Å². The first-order valence-electron chi connectivity index (χ1n) is 5.13. The molecular formula is C11H8FN3O4. The predicted octanol–water partition coefficient (Wildman–Crippen LogP) is 1.93. The van der Waals surface area contributed by atoms with E-state index < -0.39 is 28.0 Å². The van der Waals surface area contributed by atoms with Crippen LogP contribution >= 0.6 is 0 Å². The average molecular weight is 265 g/mol. The van der Waals surface area contributed by atoms with Gasteiger partial charge in [0.1, 0.15) is 22.9 Å². The molecule has 1 aromatic carbocycles. The Morgan fingerprint density at radius 3 is 2.68 bits per heavy atom. The maximum atomic E-state index is 13.6. The van der Waals surface area contributed by atoms with Crippen molar-refractivity contribution in [1.29, 1.82) is 0 Å². The number of nitrogens with zero attached hydrogens (tertiary/aromatic N) is 3. The summed E-state index contributed by atoms with van der Waals surface area (Å²) in [7, 11) is 0. The normalized spacial score (nSPS) is 10.4. The van der Waals surface area contributed by atoms with E-state index >= 15 is 0 Å². The first kappa shape index (κ1) is 12.7. The van der Waals surface area contributed by atoms with Gasteiger partial charge in [0.05, 0.1) is 4.92 Å². The van der Waals surface area contributed by atoms with Crippen LogP contribution in [0.4, 0.5) is 10.1 Å². The first-order chi connectivity index (χ1) is 8.91. The lowest BCUT2D eigenvalue weighted by molar-refractivity contribution is -0.384. The molecular weight excluding hydrogens is 257 g/mol. The van der Waals surface area contributed by atoms with E-state index in [0.717, 1.165) is 6.07 Å². The number of aryl methyl sites for hydroxylation is 1. The molecule has 0 spiro atoms. The average Bonchev–Trinajstić information content (AvgIpc) is 2.74. The van der Waals surface area contributed by atoms with Gasteiger partial charge in [-0.25, -0.2) is 14.2 Å². The van der Waals surface area contributed by atoms with Gasteiger partial charge in [-0.3, -0.25) is 14.7 Å². The van der Waals surface area contributed by atoms with Crippen LogP contribution in [0.5, 0.6) is 0 Å². The Hall–Kier alpha value is -2.77. The van der Waals surface area contributed by atoms with Crippen molar-refractivity contribution < 1.29 is 19.2 Å². The number of carbonyl (C=O) groups is 1. The van der Waals surface area contributed by atoms with Gasteiger partial charge in [0.25, 0.3) is 5.69 Å². The lowest BCUT2D eigenvalue weighted by Gasteiger charge is -2.07. The Morgan fingerprint density at radius 1 is 1.53 bits per heavy atom. The van der Waals surface area contributed by atoms with Crippen LogP contribution in [-0.2, 0) is 0 Å². The van der Waals surface area contributed by atoms with E-state index in [1.54, 1.807) is 6.92 Å². The first-order valence-corrected chi connectivity index (χ1v) is 5.13. The Bertz CT molecular complexity index is 681. The van der Waals surface area contributed by atoms with Crippen LogP contribution in [-0.4, -0.2) is 25.6 Å². The summed E-state index contributed by atoms with van der Waals surface area (Å²) in [6.07, 6.45) is 2.83. The van der Waals surface area contributed by atoms with E-state index in [4.69, 9.17) is 5.11 Å². The largest absolute Gasteiger partial charge is 0.478 e. The number of nitro benzene ring substituents is 1. The number of carboxylic acid groups (broad SMARTS) is 1. The summed E-state index contributed by atoms with van der Waals surface area (Å²) in [6, 6.07) is 1.52. The van der Waals surface area contributed by atoms with E-state index in [-0.39, 0.29) is 5.69 Å². The molecule has 0 unspecified atom stereocenters. The van der Waals surface area contributed by atoms with Crippen molar-refractivity contribution in [2.45, 2.75) is 6.92 Å². The summed E-state index contributed by atoms with van der Waals surface area (Å²) in [5.74, 6) is -2.18. The molecule has 0 radical (unpaired) electrons. The minimum atomic E-state index is -1.56. The van der Waals surface area contributed by atoms with E-state index in [9.17, 15) is 19.3 Å². The van der Waals surface area contributed by atoms with Crippen LogP contribution in [0.3, 0.4) is 0 Å². The Kier molecular flexibility index (Phi) is 2.99. The van der Waals surface area contributed by atoms with E-state index in [1.807, 2.05) is 0 Å². The molecule has 1 N–H and O–H groups in total. The number of imidazole rings is 1. The number of carboxylic acids is 1. The van der Waals surface area contributed by atoms with Gasteiger partial charge in [0.15, 0.2) is 0 Å². The molecule has 0 saturated heterocycles. The van der Waals surface area contributed by atoms with Gasteiger partial charge in [0, 0.05) is 24.5 Å². The fourth-order valence-electron chi connectivity index (χ4n) is 1.69. The quantitative estimate of drug-likeness (QED) is 0.675. The fourth-order valence-corrected chi connectivity index (χ4v) is 1.69. The molecule has 0 fully saturated rings. The van der Waals surface area contributed by atoms with Crippen molar-refractivity contribution >= 4 is 11.7 Å². The molecule has 8 heteroatoms. The number of aromatic carboxylic acids is 1. The standard InChI is InChI=1S/C11H8FN3O4/c1-6-13-2-3-14(6)9-5-8(12)7(11(16)17)4-10(9)15(18)19/h2-5H,1H3,(H,16,17). The predicted molar refractivity (Wildman–Crippen MR) is 61.9 cm³/mol. The molecule has 0 aliphatic heterocycles. The molecule has 0 saturated carbocycles. The molecule has 7 nitrogen and oxygen atoms in total. The zero-order valence-electron chi connectivity index (χ0n) is 9.70. The zero-order chi connectivity index (χ0) is 14.2. The summed E-state index contributed by atoms with van der Waals surface area (Å²) in [5.41, 5.74) is -1.31. The van der Waals surface area contributed by atoms with Crippen LogP contribution in [0.25, 0.3) is 5.69 Å². The number of benzene rings is 1. The number of hydrogen-bond donors (Lipinski definition) is 1.